The molecule has 3 rings (SSSR count). The maximum Gasteiger partial charge on any atom is 0.258 e. The summed E-state index contributed by atoms with van der Waals surface area (Å²) in [6, 6.07) is 11.9. The number of benzene rings is 1. The molecule has 1 aliphatic heterocycles. The number of nitrogens with zero attached hydrogens (tertiary/aromatic N) is 1. The molecule has 7 nitrogen and oxygen atoms in total. The first-order chi connectivity index (χ1) is 13.8. The molecule has 1 fully saturated rings. The zero-order valence-electron chi connectivity index (χ0n) is 17.4. The molecule has 1 aliphatic rings. The molecule has 1 aromatic heterocycles. The van der Waals surface area contributed by atoms with Gasteiger partial charge in [-0.3, -0.25) is 9.59 Å². The molecule has 0 unspecified atom stereocenters. The summed E-state index contributed by atoms with van der Waals surface area (Å²) in [6.45, 7) is 9.98. The number of carbonyl (C=O) groups excluding carboxylic acids is 1. The number of piperazine rings is 1. The van der Waals surface area contributed by atoms with Crippen molar-refractivity contribution >= 4 is 11.6 Å². The molecule has 2 heterocycles. The van der Waals surface area contributed by atoms with Crippen LogP contribution in [0.3, 0.4) is 0 Å². The van der Waals surface area contributed by atoms with Crippen LogP contribution in [0.5, 0.6) is 5.75 Å². The van der Waals surface area contributed by atoms with Crippen LogP contribution < -0.4 is 25.3 Å². The van der Waals surface area contributed by atoms with Gasteiger partial charge in [-0.15, -0.1) is 0 Å². The topological polar surface area (TPSA) is 76.2 Å². The number of nitrogens with one attached hydrogen (secondary N) is 2. The Bertz CT molecular complexity index is 866. The van der Waals surface area contributed by atoms with Gasteiger partial charge in [-0.2, -0.15) is 0 Å². The Balaban J connectivity index is 1.49. The quantitative estimate of drug-likeness (QED) is 0.752. The van der Waals surface area contributed by atoms with Gasteiger partial charge < -0.3 is 24.3 Å². The number of hydrogen-bond acceptors (Lipinski definition) is 5. The lowest BCUT2D eigenvalue weighted by molar-refractivity contribution is -0.915. The van der Waals surface area contributed by atoms with Crippen molar-refractivity contribution in [3.8, 4) is 5.75 Å². The lowest BCUT2D eigenvalue weighted by Gasteiger charge is -2.33. The fourth-order valence-electron chi connectivity index (χ4n) is 3.38. The summed E-state index contributed by atoms with van der Waals surface area (Å²) in [5.41, 5.74) is 0.634. The molecular formula is C22H30N3O4+. The number of rotatable bonds is 6. The van der Waals surface area contributed by atoms with E-state index in [1.807, 2.05) is 26.8 Å². The summed E-state index contributed by atoms with van der Waals surface area (Å²) in [6.07, 6.45) is 1.31. The maximum atomic E-state index is 12.3. The highest BCUT2D eigenvalue weighted by atomic mass is 16.5. The van der Waals surface area contributed by atoms with Crippen LogP contribution in [0, 0.1) is 0 Å². The van der Waals surface area contributed by atoms with Crippen LogP contribution in [-0.2, 0) is 11.3 Å². The zero-order chi connectivity index (χ0) is 20.9. The third kappa shape index (κ3) is 6.35. The van der Waals surface area contributed by atoms with Crippen LogP contribution in [-0.4, -0.2) is 44.2 Å². The van der Waals surface area contributed by atoms with Crippen LogP contribution in [0.4, 0.5) is 5.69 Å². The van der Waals surface area contributed by atoms with Crippen LogP contribution >= 0.6 is 0 Å². The highest BCUT2D eigenvalue weighted by Crippen LogP contribution is 2.12. The number of anilines is 1. The second-order valence-electron chi connectivity index (χ2n) is 8.41. The molecule has 156 valence electrons. The van der Waals surface area contributed by atoms with Gasteiger partial charge in [0.2, 0.25) is 11.2 Å². The van der Waals surface area contributed by atoms with Crippen LogP contribution in [0.25, 0.3) is 0 Å². The van der Waals surface area contributed by atoms with Gasteiger partial charge in [0.05, 0.1) is 26.2 Å². The fraction of sp³-hybridized carbons (Fsp3) is 0.455. The van der Waals surface area contributed by atoms with Crippen molar-refractivity contribution in [2.45, 2.75) is 32.9 Å². The molecule has 29 heavy (non-hydrogen) atoms. The maximum absolute atomic E-state index is 12.3. The summed E-state index contributed by atoms with van der Waals surface area (Å²) in [5, 5.41) is 2.79. The number of carbonyl (C=O) groups is 1. The predicted molar refractivity (Wildman–Crippen MR) is 111 cm³/mol. The highest BCUT2D eigenvalue weighted by molar-refractivity contribution is 5.78. The fourth-order valence-corrected chi connectivity index (χ4v) is 3.38. The van der Waals surface area contributed by atoms with E-state index in [2.05, 4.69) is 34.5 Å². The molecule has 7 heteroatoms. The molecule has 0 atom stereocenters. The predicted octanol–water partition coefficient (Wildman–Crippen LogP) is 0.838. The third-order valence-corrected chi connectivity index (χ3v) is 4.74. The van der Waals surface area contributed by atoms with Crippen molar-refractivity contribution in [2.75, 3.05) is 37.7 Å². The molecule has 0 spiro atoms. The number of para-hydroxylation sites is 1. The number of hydrogen-bond donors (Lipinski definition) is 2. The zero-order valence-corrected chi connectivity index (χ0v) is 17.4. The SMILES string of the molecule is CC(C)(C)NC(=O)COc1coc(C[NH+]2CCN(c3ccccc3)CC2)cc1=O. The van der Waals surface area contributed by atoms with E-state index in [1.165, 1.54) is 22.9 Å². The highest BCUT2D eigenvalue weighted by Gasteiger charge is 2.21. The smallest absolute Gasteiger partial charge is 0.258 e. The normalized spacial score (nSPS) is 15.2. The van der Waals surface area contributed by atoms with Gasteiger partial charge in [0.25, 0.3) is 5.91 Å². The second-order valence-corrected chi connectivity index (χ2v) is 8.41. The average molecular weight is 400 g/mol. The van der Waals surface area contributed by atoms with E-state index in [0.29, 0.717) is 12.3 Å². The number of amides is 1. The molecule has 0 aliphatic carbocycles. The number of ether oxygens (including phenoxy) is 1. The van der Waals surface area contributed by atoms with E-state index in [9.17, 15) is 9.59 Å². The summed E-state index contributed by atoms with van der Waals surface area (Å²) in [4.78, 5) is 27.9. The molecule has 1 amide bonds. The van der Waals surface area contributed by atoms with E-state index >= 15 is 0 Å². The first kappa shape index (κ1) is 20.9. The first-order valence-corrected chi connectivity index (χ1v) is 9.99. The minimum atomic E-state index is -0.345. The van der Waals surface area contributed by atoms with Gasteiger partial charge in [-0.05, 0) is 32.9 Å². The third-order valence-electron chi connectivity index (χ3n) is 4.74. The number of quaternary nitrogens is 1. The first-order valence-electron chi connectivity index (χ1n) is 9.99. The Kier molecular flexibility index (Phi) is 6.59. The van der Waals surface area contributed by atoms with E-state index in [0.717, 1.165) is 26.2 Å². The van der Waals surface area contributed by atoms with Gasteiger partial charge in [-0.25, -0.2) is 0 Å². The largest absolute Gasteiger partial charge is 0.477 e. The van der Waals surface area contributed by atoms with E-state index < -0.39 is 0 Å². The summed E-state index contributed by atoms with van der Waals surface area (Å²) >= 11 is 0. The van der Waals surface area contributed by atoms with Crippen molar-refractivity contribution in [3.63, 3.8) is 0 Å². The molecule has 0 radical (unpaired) electrons. The van der Waals surface area contributed by atoms with Crippen molar-refractivity contribution in [3.05, 3.63) is 58.6 Å². The van der Waals surface area contributed by atoms with Crippen LogP contribution in [0.15, 0.2) is 51.9 Å². The minimum Gasteiger partial charge on any atom is -0.477 e. The Morgan fingerprint density at radius 1 is 1.21 bits per heavy atom. The Labute approximate surface area is 171 Å². The van der Waals surface area contributed by atoms with Crippen LogP contribution in [0.1, 0.15) is 26.5 Å². The monoisotopic (exact) mass is 400 g/mol. The average Bonchev–Trinajstić information content (AvgIpc) is 2.67. The van der Waals surface area contributed by atoms with Gasteiger partial charge in [-0.1, -0.05) is 18.2 Å². The Morgan fingerprint density at radius 3 is 2.52 bits per heavy atom. The van der Waals surface area contributed by atoms with Gasteiger partial charge in [0.15, 0.2) is 12.4 Å². The van der Waals surface area contributed by atoms with E-state index in [1.54, 1.807) is 0 Å². The molecule has 0 saturated carbocycles. The van der Waals surface area contributed by atoms with Crippen molar-refractivity contribution in [1.29, 1.82) is 0 Å². The van der Waals surface area contributed by atoms with Gasteiger partial charge in [0.1, 0.15) is 12.8 Å². The van der Waals surface area contributed by atoms with Crippen molar-refractivity contribution in [1.82, 2.24) is 5.32 Å². The Hall–Kier alpha value is -2.80. The Morgan fingerprint density at radius 2 is 1.90 bits per heavy atom. The molecule has 1 saturated heterocycles. The second kappa shape index (κ2) is 9.13. The minimum absolute atomic E-state index is 0.0571. The van der Waals surface area contributed by atoms with Gasteiger partial charge >= 0.3 is 0 Å². The van der Waals surface area contributed by atoms with Gasteiger partial charge in [0, 0.05) is 17.3 Å². The summed E-state index contributed by atoms with van der Waals surface area (Å²) < 4.78 is 10.9. The molecule has 2 N–H and O–H groups in total. The van der Waals surface area contributed by atoms with Crippen molar-refractivity contribution in [2.24, 2.45) is 0 Å². The summed E-state index contributed by atoms with van der Waals surface area (Å²) in [5.74, 6) is 0.410. The molecule has 2 aromatic rings. The van der Waals surface area contributed by atoms with Crippen molar-refractivity contribution < 1.29 is 18.8 Å². The lowest BCUT2D eigenvalue weighted by atomic mass is 10.1. The molecule has 0 bridgehead atoms. The van der Waals surface area contributed by atoms with Crippen LogP contribution in [0.2, 0.25) is 0 Å². The molecule has 1 aromatic carbocycles. The van der Waals surface area contributed by atoms with E-state index in [-0.39, 0.29) is 29.2 Å². The molecular weight excluding hydrogens is 370 g/mol. The lowest BCUT2D eigenvalue weighted by Crippen LogP contribution is -3.13. The van der Waals surface area contributed by atoms with E-state index in [4.69, 9.17) is 9.15 Å². The standard InChI is InChI=1S/C22H29N3O4/c1-22(2,3)23-21(27)16-29-20-15-28-18(13-19(20)26)14-24-9-11-25(12-10-24)17-7-5-4-6-8-17/h4-8,13,15H,9-12,14,16H2,1-3H3,(H,23,27)/p+1. The summed E-state index contributed by atoms with van der Waals surface area (Å²) in [7, 11) is 0.